The van der Waals surface area contributed by atoms with E-state index in [2.05, 4.69) is 25.3 Å². The molecule has 0 bridgehead atoms. The summed E-state index contributed by atoms with van der Waals surface area (Å²) in [6.45, 7) is 12.2. The second-order valence-corrected chi connectivity index (χ2v) is 7.40. The third-order valence-corrected chi connectivity index (χ3v) is 4.13. The van der Waals surface area contributed by atoms with E-state index in [-0.39, 0.29) is 11.5 Å². The monoisotopic (exact) mass is 358 g/mol. The summed E-state index contributed by atoms with van der Waals surface area (Å²) in [6, 6.07) is 3.72. The molecule has 26 heavy (non-hydrogen) atoms. The second kappa shape index (κ2) is 7.13. The number of anilines is 1. The van der Waals surface area contributed by atoms with E-state index in [0.29, 0.717) is 24.9 Å². The number of nitrogens with zero attached hydrogens (tertiary/aromatic N) is 5. The lowest BCUT2D eigenvalue weighted by atomic mass is 10.1. The van der Waals surface area contributed by atoms with E-state index < -0.39 is 0 Å². The molecular formula is C18H26N6O2. The minimum Gasteiger partial charge on any atom is -0.373 e. The number of carbonyl (C=O) groups is 1. The minimum absolute atomic E-state index is 0.0896. The molecule has 1 aliphatic heterocycles. The van der Waals surface area contributed by atoms with Crippen molar-refractivity contribution in [2.24, 2.45) is 0 Å². The lowest BCUT2D eigenvalue weighted by Gasteiger charge is -2.37. The number of hydrogen-bond acceptors (Lipinski definition) is 6. The fourth-order valence-electron chi connectivity index (χ4n) is 3.18. The number of rotatable bonds is 4. The molecule has 0 aliphatic carbocycles. The van der Waals surface area contributed by atoms with Gasteiger partial charge in [0, 0.05) is 30.5 Å². The Balaban J connectivity index is 1.75. The fourth-order valence-corrected chi connectivity index (χ4v) is 3.18. The first kappa shape index (κ1) is 18.5. The van der Waals surface area contributed by atoms with Crippen molar-refractivity contribution in [3.63, 3.8) is 0 Å². The standard InChI is InChI=1S/C18H26N6O2/c1-12-8-13(2)20-17(19-12)24-15(9-14(3)22-24)21-16(25)10-23-6-7-26-18(4,5)11-23/h8-9H,6-7,10-11H2,1-5H3,(H,21,25). The summed E-state index contributed by atoms with van der Waals surface area (Å²) in [5.41, 5.74) is 2.27. The normalized spacial score (nSPS) is 17.3. The number of carbonyl (C=O) groups excluding carboxylic acids is 1. The summed E-state index contributed by atoms with van der Waals surface area (Å²) in [5, 5.41) is 7.37. The molecule has 0 saturated carbocycles. The van der Waals surface area contributed by atoms with E-state index in [1.54, 1.807) is 4.68 Å². The summed E-state index contributed by atoms with van der Waals surface area (Å²) >= 11 is 0. The van der Waals surface area contributed by atoms with E-state index in [4.69, 9.17) is 4.74 Å². The Kier molecular flexibility index (Phi) is 5.06. The third-order valence-electron chi connectivity index (χ3n) is 4.13. The van der Waals surface area contributed by atoms with Gasteiger partial charge in [0.2, 0.25) is 5.91 Å². The Hall–Kier alpha value is -2.32. The molecule has 0 spiro atoms. The van der Waals surface area contributed by atoms with Crippen LogP contribution in [0.3, 0.4) is 0 Å². The van der Waals surface area contributed by atoms with Crippen LogP contribution < -0.4 is 5.32 Å². The SMILES string of the molecule is Cc1cc(C)nc(-n2nc(C)cc2NC(=O)CN2CCOC(C)(C)C2)n1. The maximum Gasteiger partial charge on any atom is 0.252 e. The Bertz CT molecular complexity index is 794. The number of hydrogen-bond donors (Lipinski definition) is 1. The fraction of sp³-hybridized carbons (Fsp3) is 0.556. The highest BCUT2D eigenvalue weighted by molar-refractivity contribution is 5.91. The number of aromatic nitrogens is 4. The van der Waals surface area contributed by atoms with Crippen molar-refractivity contribution in [1.29, 1.82) is 0 Å². The Morgan fingerprint density at radius 2 is 1.88 bits per heavy atom. The van der Waals surface area contributed by atoms with Gasteiger partial charge in [-0.1, -0.05) is 0 Å². The van der Waals surface area contributed by atoms with Gasteiger partial charge in [0.15, 0.2) is 0 Å². The highest BCUT2D eigenvalue weighted by Crippen LogP contribution is 2.18. The van der Waals surface area contributed by atoms with Crippen molar-refractivity contribution in [2.75, 3.05) is 31.6 Å². The highest BCUT2D eigenvalue weighted by atomic mass is 16.5. The zero-order valence-electron chi connectivity index (χ0n) is 16.0. The van der Waals surface area contributed by atoms with Crippen LogP contribution in [0.15, 0.2) is 12.1 Å². The molecule has 140 valence electrons. The molecule has 2 aromatic heterocycles. The Morgan fingerprint density at radius 3 is 2.54 bits per heavy atom. The first-order valence-electron chi connectivity index (χ1n) is 8.77. The van der Waals surface area contributed by atoms with Gasteiger partial charge in [-0.25, -0.2) is 9.97 Å². The lowest BCUT2D eigenvalue weighted by molar-refractivity contribution is -0.122. The Labute approximate surface area is 153 Å². The molecule has 1 amide bonds. The van der Waals surface area contributed by atoms with Gasteiger partial charge in [0.05, 0.1) is 24.4 Å². The van der Waals surface area contributed by atoms with Crippen LogP contribution in [0.4, 0.5) is 5.82 Å². The summed E-state index contributed by atoms with van der Waals surface area (Å²) in [5.74, 6) is 0.941. The van der Waals surface area contributed by atoms with Crippen molar-refractivity contribution in [1.82, 2.24) is 24.6 Å². The van der Waals surface area contributed by atoms with Crippen molar-refractivity contribution in [3.8, 4) is 5.95 Å². The first-order valence-corrected chi connectivity index (χ1v) is 8.77. The number of morpholine rings is 1. The molecule has 2 aromatic rings. The second-order valence-electron chi connectivity index (χ2n) is 7.40. The maximum atomic E-state index is 12.5. The van der Waals surface area contributed by atoms with Crippen molar-refractivity contribution >= 4 is 11.7 Å². The van der Waals surface area contributed by atoms with Gasteiger partial charge in [-0.3, -0.25) is 9.69 Å². The number of aryl methyl sites for hydroxylation is 3. The van der Waals surface area contributed by atoms with Crippen molar-refractivity contribution in [2.45, 2.75) is 40.2 Å². The molecule has 1 N–H and O–H groups in total. The van der Waals surface area contributed by atoms with Crippen LogP contribution in [0, 0.1) is 20.8 Å². The average Bonchev–Trinajstić information content (AvgIpc) is 2.85. The van der Waals surface area contributed by atoms with Gasteiger partial charge < -0.3 is 10.1 Å². The largest absolute Gasteiger partial charge is 0.373 e. The predicted octanol–water partition coefficient (Wildman–Crippen LogP) is 1.64. The van der Waals surface area contributed by atoms with Gasteiger partial charge in [-0.15, -0.1) is 0 Å². The number of amides is 1. The molecule has 1 fully saturated rings. The smallest absolute Gasteiger partial charge is 0.252 e. The summed E-state index contributed by atoms with van der Waals surface area (Å²) < 4.78 is 7.27. The zero-order valence-corrected chi connectivity index (χ0v) is 16.0. The van der Waals surface area contributed by atoms with Crippen LogP contribution in [0.1, 0.15) is 30.9 Å². The van der Waals surface area contributed by atoms with E-state index >= 15 is 0 Å². The predicted molar refractivity (Wildman–Crippen MR) is 98.5 cm³/mol. The van der Waals surface area contributed by atoms with Crippen LogP contribution in [0.2, 0.25) is 0 Å². The van der Waals surface area contributed by atoms with Crippen LogP contribution in [-0.4, -0.2) is 62.4 Å². The number of ether oxygens (including phenoxy) is 1. The highest BCUT2D eigenvalue weighted by Gasteiger charge is 2.28. The molecule has 8 heteroatoms. The molecule has 3 heterocycles. The average molecular weight is 358 g/mol. The quantitative estimate of drug-likeness (QED) is 0.894. The molecule has 0 atom stereocenters. The van der Waals surface area contributed by atoms with Crippen molar-refractivity contribution < 1.29 is 9.53 Å². The van der Waals surface area contributed by atoms with Crippen molar-refractivity contribution in [3.05, 3.63) is 29.2 Å². The topological polar surface area (TPSA) is 85.2 Å². The van der Waals surface area contributed by atoms with Crippen LogP contribution in [0.5, 0.6) is 0 Å². The van der Waals surface area contributed by atoms with E-state index in [0.717, 1.165) is 30.2 Å². The molecular weight excluding hydrogens is 332 g/mol. The summed E-state index contributed by atoms with van der Waals surface area (Å²) in [6.07, 6.45) is 0. The van der Waals surface area contributed by atoms with E-state index in [1.165, 1.54) is 0 Å². The molecule has 0 radical (unpaired) electrons. The molecule has 0 aromatic carbocycles. The van der Waals surface area contributed by atoms with Gasteiger partial charge in [-0.2, -0.15) is 9.78 Å². The van der Waals surface area contributed by atoms with Gasteiger partial charge in [0.1, 0.15) is 5.82 Å². The third kappa shape index (κ3) is 4.44. The minimum atomic E-state index is -0.232. The Morgan fingerprint density at radius 1 is 1.19 bits per heavy atom. The van der Waals surface area contributed by atoms with Crippen LogP contribution in [0.25, 0.3) is 5.95 Å². The lowest BCUT2D eigenvalue weighted by Crippen LogP contribution is -2.50. The molecule has 1 aliphatic rings. The maximum absolute atomic E-state index is 12.5. The molecule has 3 rings (SSSR count). The van der Waals surface area contributed by atoms with Gasteiger partial charge >= 0.3 is 0 Å². The van der Waals surface area contributed by atoms with E-state index in [9.17, 15) is 4.79 Å². The molecule has 0 unspecified atom stereocenters. The van der Waals surface area contributed by atoms with Gasteiger partial charge in [-0.05, 0) is 40.7 Å². The van der Waals surface area contributed by atoms with Crippen LogP contribution >= 0.6 is 0 Å². The molecule has 8 nitrogen and oxygen atoms in total. The summed E-state index contributed by atoms with van der Waals surface area (Å²) in [7, 11) is 0. The first-order chi connectivity index (χ1) is 12.2. The van der Waals surface area contributed by atoms with Crippen LogP contribution in [-0.2, 0) is 9.53 Å². The van der Waals surface area contributed by atoms with Gasteiger partial charge in [0.25, 0.3) is 5.95 Å². The van der Waals surface area contributed by atoms with E-state index in [1.807, 2.05) is 46.8 Å². The number of nitrogens with one attached hydrogen (secondary N) is 1. The molecule has 1 saturated heterocycles. The summed E-state index contributed by atoms with van der Waals surface area (Å²) in [4.78, 5) is 23.5. The zero-order chi connectivity index (χ0) is 18.9.